The molecule has 0 aliphatic heterocycles. The van der Waals surface area contributed by atoms with E-state index in [2.05, 4.69) is 5.32 Å². The molecule has 4 N–H and O–H groups in total. The van der Waals surface area contributed by atoms with Gasteiger partial charge in [-0.1, -0.05) is 0 Å². The average molecular weight is 267 g/mol. The smallest absolute Gasteiger partial charge is 0.292 e. The van der Waals surface area contributed by atoms with E-state index < -0.39 is 16.9 Å². The summed E-state index contributed by atoms with van der Waals surface area (Å²) in [6, 6.07) is 3.93. The number of nitrogens with two attached hydrogens (primary N) is 1. The van der Waals surface area contributed by atoms with E-state index >= 15 is 0 Å². The predicted molar refractivity (Wildman–Crippen MR) is 71.0 cm³/mol. The minimum atomic E-state index is -0.637. The van der Waals surface area contributed by atoms with E-state index in [0.717, 1.165) is 0 Å². The summed E-state index contributed by atoms with van der Waals surface area (Å²) in [5.74, 6) is -0.637. The number of carbonyl (C=O) groups is 1. The molecule has 0 aliphatic carbocycles. The Morgan fingerprint density at radius 2 is 2.26 bits per heavy atom. The Labute approximate surface area is 110 Å². The normalized spacial score (nSPS) is 11.9. The summed E-state index contributed by atoms with van der Waals surface area (Å²) in [5.41, 5.74) is 5.49. The third-order valence-electron chi connectivity index (χ3n) is 2.59. The molecule has 1 aromatic carbocycles. The van der Waals surface area contributed by atoms with Crippen LogP contribution in [-0.4, -0.2) is 28.6 Å². The fourth-order valence-electron chi connectivity index (χ4n) is 1.61. The van der Waals surface area contributed by atoms with Gasteiger partial charge in [-0.2, -0.15) is 0 Å². The number of anilines is 1. The van der Waals surface area contributed by atoms with Gasteiger partial charge in [-0.25, -0.2) is 0 Å². The van der Waals surface area contributed by atoms with Gasteiger partial charge in [0, 0.05) is 18.2 Å². The second-order valence-corrected chi connectivity index (χ2v) is 4.27. The molecule has 0 spiro atoms. The lowest BCUT2D eigenvalue weighted by molar-refractivity contribution is -0.384. The maximum atomic E-state index is 11.0. The van der Waals surface area contributed by atoms with Gasteiger partial charge in [0.15, 0.2) is 0 Å². The number of aliphatic hydroxyl groups excluding tert-OH is 1. The maximum absolute atomic E-state index is 11.0. The Kier molecular flexibility index (Phi) is 5.25. The van der Waals surface area contributed by atoms with E-state index in [9.17, 15) is 14.9 Å². The highest BCUT2D eigenvalue weighted by Gasteiger charge is 2.15. The average Bonchev–Trinajstić information content (AvgIpc) is 2.33. The molecule has 1 rings (SSSR count). The molecule has 1 amide bonds. The van der Waals surface area contributed by atoms with Gasteiger partial charge in [0.05, 0.1) is 11.0 Å². The highest BCUT2D eigenvalue weighted by Crippen LogP contribution is 2.25. The van der Waals surface area contributed by atoms with Crippen molar-refractivity contribution >= 4 is 17.3 Å². The second-order valence-electron chi connectivity index (χ2n) is 4.27. The Bertz CT molecular complexity index is 474. The summed E-state index contributed by atoms with van der Waals surface area (Å²) in [6.45, 7) is 2.14. The number of benzene rings is 1. The zero-order chi connectivity index (χ0) is 14.4. The number of primary amides is 1. The van der Waals surface area contributed by atoms with E-state index in [4.69, 9.17) is 10.8 Å². The number of hydrogen-bond donors (Lipinski definition) is 3. The molecule has 7 heteroatoms. The first kappa shape index (κ1) is 14.9. The van der Waals surface area contributed by atoms with Crippen molar-refractivity contribution in [1.29, 1.82) is 0 Å². The van der Waals surface area contributed by atoms with Crippen LogP contribution in [0.2, 0.25) is 0 Å². The summed E-state index contributed by atoms with van der Waals surface area (Å²) in [5, 5.41) is 22.8. The maximum Gasteiger partial charge on any atom is 0.292 e. The van der Waals surface area contributed by atoms with Gasteiger partial charge in [0.2, 0.25) is 5.91 Å². The highest BCUT2D eigenvalue weighted by molar-refractivity contribution is 5.94. The molecule has 0 saturated heterocycles. The number of rotatable bonds is 7. The minimum absolute atomic E-state index is 0.109. The number of amides is 1. The Hall–Kier alpha value is -2.15. The van der Waals surface area contributed by atoms with Gasteiger partial charge >= 0.3 is 0 Å². The first-order chi connectivity index (χ1) is 8.91. The quantitative estimate of drug-likeness (QED) is 0.390. The van der Waals surface area contributed by atoms with Crippen LogP contribution in [-0.2, 0) is 0 Å². The van der Waals surface area contributed by atoms with Crippen molar-refractivity contribution in [2.75, 3.05) is 11.9 Å². The number of nitro benzene ring substituents is 1. The zero-order valence-electron chi connectivity index (χ0n) is 10.6. The van der Waals surface area contributed by atoms with Crippen LogP contribution in [0.5, 0.6) is 0 Å². The third-order valence-corrected chi connectivity index (χ3v) is 2.59. The fraction of sp³-hybridized carbons (Fsp3) is 0.417. The molecule has 0 bridgehead atoms. The second kappa shape index (κ2) is 6.69. The molecule has 7 nitrogen and oxygen atoms in total. The lowest BCUT2D eigenvalue weighted by Gasteiger charge is -2.09. The van der Waals surface area contributed by atoms with E-state index in [1.807, 2.05) is 0 Å². The molecule has 1 unspecified atom stereocenters. The molecule has 0 fully saturated rings. The molecule has 0 saturated carbocycles. The molecule has 1 aromatic rings. The summed E-state index contributed by atoms with van der Waals surface area (Å²) in [7, 11) is 0. The van der Waals surface area contributed by atoms with Crippen molar-refractivity contribution in [3.63, 3.8) is 0 Å². The number of aliphatic hydroxyl groups is 1. The fourth-order valence-corrected chi connectivity index (χ4v) is 1.61. The van der Waals surface area contributed by atoms with E-state index in [1.54, 1.807) is 6.92 Å². The monoisotopic (exact) mass is 267 g/mol. The van der Waals surface area contributed by atoms with Gasteiger partial charge in [-0.15, -0.1) is 0 Å². The standard InChI is InChI=1S/C12H17N3O4/c1-8(16)3-2-6-14-10-7-9(12(13)17)4-5-11(10)15(18)19/h4-5,7-8,14,16H,2-3,6H2,1H3,(H2,13,17). The van der Waals surface area contributed by atoms with Crippen molar-refractivity contribution < 1.29 is 14.8 Å². The van der Waals surface area contributed by atoms with Crippen LogP contribution in [0.4, 0.5) is 11.4 Å². The molecule has 0 aliphatic rings. The van der Waals surface area contributed by atoms with Crippen molar-refractivity contribution in [2.24, 2.45) is 5.73 Å². The Morgan fingerprint density at radius 1 is 1.58 bits per heavy atom. The minimum Gasteiger partial charge on any atom is -0.393 e. The van der Waals surface area contributed by atoms with E-state index in [-0.39, 0.29) is 16.9 Å². The van der Waals surface area contributed by atoms with Crippen LogP contribution in [0.15, 0.2) is 18.2 Å². The molecule has 19 heavy (non-hydrogen) atoms. The van der Waals surface area contributed by atoms with Crippen LogP contribution >= 0.6 is 0 Å². The Balaban J connectivity index is 2.80. The SMILES string of the molecule is CC(O)CCCNc1cc(C(N)=O)ccc1[N+](=O)[O-]. The van der Waals surface area contributed by atoms with Crippen LogP contribution in [0.25, 0.3) is 0 Å². The molecular weight excluding hydrogens is 250 g/mol. The highest BCUT2D eigenvalue weighted by atomic mass is 16.6. The first-order valence-corrected chi connectivity index (χ1v) is 5.92. The molecule has 0 aromatic heterocycles. The van der Waals surface area contributed by atoms with Crippen LogP contribution in [0.3, 0.4) is 0 Å². The van der Waals surface area contributed by atoms with Crippen LogP contribution in [0.1, 0.15) is 30.1 Å². The number of carbonyl (C=O) groups excluding carboxylic acids is 1. The lowest BCUT2D eigenvalue weighted by atomic mass is 10.1. The van der Waals surface area contributed by atoms with Crippen molar-refractivity contribution in [2.45, 2.75) is 25.9 Å². The van der Waals surface area contributed by atoms with Gasteiger partial charge in [-0.05, 0) is 31.9 Å². The Morgan fingerprint density at radius 3 is 2.79 bits per heavy atom. The van der Waals surface area contributed by atoms with Crippen LogP contribution < -0.4 is 11.1 Å². The predicted octanol–water partition coefficient (Wildman–Crippen LogP) is 1.27. The van der Waals surface area contributed by atoms with Gasteiger partial charge in [0.1, 0.15) is 5.69 Å². The molecular formula is C12H17N3O4. The van der Waals surface area contributed by atoms with Crippen molar-refractivity contribution in [3.8, 4) is 0 Å². The summed E-state index contributed by atoms with van der Waals surface area (Å²) in [4.78, 5) is 21.4. The third kappa shape index (κ3) is 4.55. The van der Waals surface area contributed by atoms with Crippen LogP contribution in [0, 0.1) is 10.1 Å². The first-order valence-electron chi connectivity index (χ1n) is 5.92. The van der Waals surface area contributed by atoms with Crippen molar-refractivity contribution in [3.05, 3.63) is 33.9 Å². The molecule has 104 valence electrons. The molecule has 0 radical (unpaired) electrons. The zero-order valence-corrected chi connectivity index (χ0v) is 10.6. The summed E-state index contributed by atoms with van der Waals surface area (Å²) < 4.78 is 0. The lowest BCUT2D eigenvalue weighted by Crippen LogP contribution is -2.13. The number of nitro groups is 1. The number of hydrogen-bond acceptors (Lipinski definition) is 5. The topological polar surface area (TPSA) is 118 Å². The van der Waals surface area contributed by atoms with Gasteiger partial charge < -0.3 is 16.2 Å². The van der Waals surface area contributed by atoms with Gasteiger partial charge in [-0.3, -0.25) is 14.9 Å². The van der Waals surface area contributed by atoms with Gasteiger partial charge in [0.25, 0.3) is 5.69 Å². The summed E-state index contributed by atoms with van der Waals surface area (Å²) >= 11 is 0. The van der Waals surface area contributed by atoms with Crippen molar-refractivity contribution in [1.82, 2.24) is 0 Å². The van der Waals surface area contributed by atoms with E-state index in [0.29, 0.717) is 19.4 Å². The number of nitrogens with zero attached hydrogens (tertiary/aromatic N) is 1. The molecule has 0 heterocycles. The molecule has 1 atom stereocenters. The largest absolute Gasteiger partial charge is 0.393 e. The van der Waals surface area contributed by atoms with E-state index in [1.165, 1.54) is 18.2 Å². The summed E-state index contributed by atoms with van der Waals surface area (Å²) in [6.07, 6.45) is 0.847. The number of nitrogens with one attached hydrogen (secondary N) is 1.